The van der Waals surface area contributed by atoms with Crippen LogP contribution in [0, 0.1) is 0 Å². The van der Waals surface area contributed by atoms with Crippen LogP contribution in [0.1, 0.15) is 31.8 Å². The van der Waals surface area contributed by atoms with E-state index in [1.54, 1.807) is 66.7 Å². The number of hydrazine groups is 1. The minimum absolute atomic E-state index is 0.105. The molecule has 0 aliphatic rings. The molecule has 9 heteroatoms. The molecule has 3 aromatic carbocycles. The van der Waals surface area contributed by atoms with Crippen LogP contribution < -0.4 is 25.1 Å². The van der Waals surface area contributed by atoms with Crippen LogP contribution in [0.4, 0.5) is 0 Å². The van der Waals surface area contributed by atoms with E-state index in [0.29, 0.717) is 33.9 Å². The first-order valence-corrected chi connectivity index (χ1v) is 10.8. The molecule has 2 N–H and O–H groups in total. The highest BCUT2D eigenvalue weighted by molar-refractivity contribution is 5.99. The Kier molecular flexibility index (Phi) is 9.05. The number of rotatable bonds is 9. The molecule has 2 amide bonds. The highest BCUT2D eigenvalue weighted by Crippen LogP contribution is 2.38. The third-order valence-corrected chi connectivity index (χ3v) is 5.04. The second-order valence-corrected chi connectivity index (χ2v) is 7.33. The molecular formula is C27H26N2O7. The first-order valence-electron chi connectivity index (χ1n) is 10.8. The highest BCUT2D eigenvalue weighted by Gasteiger charge is 2.15. The van der Waals surface area contributed by atoms with Gasteiger partial charge in [-0.1, -0.05) is 36.4 Å². The molecular weight excluding hydrogens is 464 g/mol. The third kappa shape index (κ3) is 6.63. The van der Waals surface area contributed by atoms with E-state index in [-0.39, 0.29) is 12.2 Å². The number of hydrogen-bond acceptors (Lipinski definition) is 7. The summed E-state index contributed by atoms with van der Waals surface area (Å²) in [7, 11) is 4.48. The summed E-state index contributed by atoms with van der Waals surface area (Å²) < 4.78 is 21.2. The standard InChI is InChI=1S/C27H26N2O7/c1-33-22-15-18(16-23(34-2)25(22)35-3)13-14-24(30)28-29-26(31)21-12-8-7-11-20(21)17-36-27(32)19-9-5-4-6-10-19/h4-16H,17H2,1-3H3,(H,28,30)(H,29,31)/b14-13+. The zero-order valence-corrected chi connectivity index (χ0v) is 20.1. The van der Waals surface area contributed by atoms with Gasteiger partial charge in [-0.15, -0.1) is 0 Å². The lowest BCUT2D eigenvalue weighted by Crippen LogP contribution is -2.41. The van der Waals surface area contributed by atoms with Gasteiger partial charge in [-0.05, 0) is 42.0 Å². The maximum Gasteiger partial charge on any atom is 0.338 e. The molecule has 0 fully saturated rings. The lowest BCUT2D eigenvalue weighted by molar-refractivity contribution is -0.117. The number of nitrogens with one attached hydrogen (secondary N) is 2. The number of benzene rings is 3. The molecule has 0 bridgehead atoms. The van der Waals surface area contributed by atoms with E-state index < -0.39 is 17.8 Å². The second-order valence-electron chi connectivity index (χ2n) is 7.33. The van der Waals surface area contributed by atoms with Gasteiger partial charge in [0, 0.05) is 17.2 Å². The number of amides is 2. The molecule has 0 aliphatic heterocycles. The van der Waals surface area contributed by atoms with E-state index in [9.17, 15) is 14.4 Å². The summed E-state index contributed by atoms with van der Waals surface area (Å²) in [5, 5.41) is 0. The van der Waals surface area contributed by atoms with Crippen LogP contribution in [-0.4, -0.2) is 39.1 Å². The number of hydrogen-bond donors (Lipinski definition) is 2. The Morgan fingerprint density at radius 3 is 2.08 bits per heavy atom. The number of carbonyl (C=O) groups excluding carboxylic acids is 3. The van der Waals surface area contributed by atoms with Crippen LogP contribution in [0.2, 0.25) is 0 Å². The zero-order valence-electron chi connectivity index (χ0n) is 20.1. The normalized spacial score (nSPS) is 10.4. The largest absolute Gasteiger partial charge is 0.493 e. The summed E-state index contributed by atoms with van der Waals surface area (Å²) in [6, 6.07) is 18.5. The van der Waals surface area contributed by atoms with Gasteiger partial charge >= 0.3 is 5.97 Å². The zero-order chi connectivity index (χ0) is 25.9. The van der Waals surface area contributed by atoms with Crippen molar-refractivity contribution in [3.63, 3.8) is 0 Å². The molecule has 0 aromatic heterocycles. The first-order chi connectivity index (χ1) is 17.5. The fourth-order valence-corrected chi connectivity index (χ4v) is 3.27. The van der Waals surface area contributed by atoms with Crippen molar-refractivity contribution < 1.29 is 33.3 Å². The molecule has 0 saturated carbocycles. The molecule has 0 atom stereocenters. The lowest BCUT2D eigenvalue weighted by atomic mass is 10.1. The number of ether oxygens (including phenoxy) is 4. The molecule has 0 radical (unpaired) electrons. The molecule has 0 unspecified atom stereocenters. The molecule has 0 saturated heterocycles. The van der Waals surface area contributed by atoms with Gasteiger partial charge in [0.2, 0.25) is 5.75 Å². The number of carbonyl (C=O) groups is 3. The average molecular weight is 491 g/mol. The summed E-state index contributed by atoms with van der Waals surface area (Å²) >= 11 is 0. The summed E-state index contributed by atoms with van der Waals surface area (Å²) in [5.74, 6) is -0.316. The second kappa shape index (κ2) is 12.6. The summed E-state index contributed by atoms with van der Waals surface area (Å²) in [4.78, 5) is 37.1. The maximum absolute atomic E-state index is 12.7. The van der Waals surface area contributed by atoms with E-state index in [4.69, 9.17) is 18.9 Å². The lowest BCUT2D eigenvalue weighted by Gasteiger charge is -2.13. The highest BCUT2D eigenvalue weighted by atomic mass is 16.5. The molecule has 0 heterocycles. The molecule has 0 aliphatic carbocycles. The first kappa shape index (κ1) is 25.8. The summed E-state index contributed by atoms with van der Waals surface area (Å²) in [6.07, 6.45) is 2.78. The van der Waals surface area contributed by atoms with E-state index in [0.717, 1.165) is 0 Å². The Morgan fingerprint density at radius 1 is 0.806 bits per heavy atom. The van der Waals surface area contributed by atoms with Crippen LogP contribution in [0.3, 0.4) is 0 Å². The molecule has 3 aromatic rings. The fourth-order valence-electron chi connectivity index (χ4n) is 3.27. The van der Waals surface area contributed by atoms with Crippen molar-refractivity contribution in [2.75, 3.05) is 21.3 Å². The van der Waals surface area contributed by atoms with Crippen LogP contribution in [-0.2, 0) is 16.1 Å². The van der Waals surface area contributed by atoms with E-state index in [1.165, 1.54) is 33.5 Å². The van der Waals surface area contributed by atoms with Crippen LogP contribution >= 0.6 is 0 Å². The Morgan fingerprint density at radius 2 is 1.44 bits per heavy atom. The quantitative estimate of drug-likeness (QED) is 0.268. The van der Waals surface area contributed by atoms with Crippen molar-refractivity contribution in [3.8, 4) is 17.2 Å². The van der Waals surface area contributed by atoms with Crippen molar-refractivity contribution >= 4 is 23.9 Å². The Hall–Kier alpha value is -4.79. The van der Waals surface area contributed by atoms with Crippen molar-refractivity contribution in [3.05, 3.63) is 95.1 Å². The Bertz CT molecular complexity index is 1230. The van der Waals surface area contributed by atoms with Gasteiger partial charge in [0.15, 0.2) is 11.5 Å². The maximum atomic E-state index is 12.7. The van der Waals surface area contributed by atoms with Crippen molar-refractivity contribution in [1.82, 2.24) is 10.9 Å². The predicted molar refractivity (Wildman–Crippen MR) is 133 cm³/mol. The van der Waals surface area contributed by atoms with Gasteiger partial charge in [0.25, 0.3) is 11.8 Å². The molecule has 3 rings (SSSR count). The minimum Gasteiger partial charge on any atom is -0.493 e. The van der Waals surface area contributed by atoms with Crippen LogP contribution in [0.15, 0.2) is 72.8 Å². The predicted octanol–water partition coefficient (Wildman–Crippen LogP) is 3.54. The number of methoxy groups -OCH3 is 3. The van der Waals surface area contributed by atoms with Crippen LogP contribution in [0.25, 0.3) is 6.08 Å². The Labute approximate surface area is 208 Å². The monoisotopic (exact) mass is 490 g/mol. The fraction of sp³-hybridized carbons (Fsp3) is 0.148. The molecule has 186 valence electrons. The summed E-state index contributed by atoms with van der Waals surface area (Å²) in [5.41, 5.74) is 6.46. The van der Waals surface area contributed by atoms with Gasteiger partial charge < -0.3 is 18.9 Å². The average Bonchev–Trinajstić information content (AvgIpc) is 2.93. The SMILES string of the molecule is COc1cc(/C=C/C(=O)NNC(=O)c2ccccc2COC(=O)c2ccccc2)cc(OC)c1OC. The van der Waals surface area contributed by atoms with Crippen molar-refractivity contribution in [1.29, 1.82) is 0 Å². The van der Waals surface area contributed by atoms with Gasteiger partial charge in [-0.25, -0.2) is 4.79 Å². The third-order valence-electron chi connectivity index (χ3n) is 5.04. The molecule has 0 spiro atoms. The van der Waals surface area contributed by atoms with E-state index >= 15 is 0 Å². The van der Waals surface area contributed by atoms with Crippen molar-refractivity contribution in [2.24, 2.45) is 0 Å². The van der Waals surface area contributed by atoms with Crippen molar-refractivity contribution in [2.45, 2.75) is 6.61 Å². The molecule has 9 nitrogen and oxygen atoms in total. The molecule has 36 heavy (non-hydrogen) atoms. The van der Waals surface area contributed by atoms with E-state index in [1.807, 2.05) is 0 Å². The smallest absolute Gasteiger partial charge is 0.338 e. The van der Waals surface area contributed by atoms with Gasteiger partial charge in [0.05, 0.1) is 26.9 Å². The van der Waals surface area contributed by atoms with E-state index in [2.05, 4.69) is 10.9 Å². The van der Waals surface area contributed by atoms with Gasteiger partial charge in [-0.2, -0.15) is 0 Å². The van der Waals surface area contributed by atoms with Crippen LogP contribution in [0.5, 0.6) is 17.2 Å². The minimum atomic E-state index is -0.565. The topological polar surface area (TPSA) is 112 Å². The van der Waals surface area contributed by atoms with Gasteiger partial charge in [0.1, 0.15) is 6.61 Å². The number of esters is 1. The Balaban J connectivity index is 1.61. The summed E-state index contributed by atoms with van der Waals surface area (Å²) in [6.45, 7) is -0.105. The van der Waals surface area contributed by atoms with Gasteiger partial charge in [-0.3, -0.25) is 20.4 Å².